The van der Waals surface area contributed by atoms with Gasteiger partial charge in [0, 0.05) is 4.47 Å². The second-order valence-electron chi connectivity index (χ2n) is 3.99. The molecule has 2 rings (SSSR count). The molecule has 0 radical (unpaired) electrons. The fourth-order valence-corrected chi connectivity index (χ4v) is 1.89. The van der Waals surface area contributed by atoms with Gasteiger partial charge in [0.15, 0.2) is 5.75 Å². The average Bonchev–Trinajstić information content (AvgIpc) is 2.37. The second-order valence-corrected chi connectivity index (χ2v) is 4.90. The Hall–Kier alpha value is -2.13. The molecular formula is C13H11BrN4O. The third-order valence-electron chi connectivity index (χ3n) is 2.71. The van der Waals surface area contributed by atoms with Gasteiger partial charge in [-0.2, -0.15) is 10.4 Å². The number of halogens is 1. The molecule has 19 heavy (non-hydrogen) atoms. The molecule has 96 valence electrons. The molecular weight excluding hydrogens is 308 g/mol. The second kappa shape index (κ2) is 5.24. The number of benzene rings is 1. The summed E-state index contributed by atoms with van der Waals surface area (Å²) in [5.41, 5.74) is 8.12. The molecule has 0 atom stereocenters. The van der Waals surface area contributed by atoms with Crippen molar-refractivity contribution in [3.05, 3.63) is 39.5 Å². The summed E-state index contributed by atoms with van der Waals surface area (Å²) in [6.45, 7) is 3.60. The van der Waals surface area contributed by atoms with E-state index in [1.807, 2.05) is 0 Å². The molecule has 0 aliphatic rings. The van der Waals surface area contributed by atoms with E-state index in [0.29, 0.717) is 22.7 Å². The fourth-order valence-electron chi connectivity index (χ4n) is 1.51. The van der Waals surface area contributed by atoms with Crippen LogP contribution in [0.5, 0.6) is 11.6 Å². The van der Waals surface area contributed by atoms with Crippen molar-refractivity contribution in [2.24, 2.45) is 0 Å². The maximum absolute atomic E-state index is 9.18. The normalized spacial score (nSPS) is 10.0. The summed E-state index contributed by atoms with van der Waals surface area (Å²) in [6.07, 6.45) is 0. The first-order valence-corrected chi connectivity index (χ1v) is 6.29. The maximum atomic E-state index is 9.18. The number of nitrogens with zero attached hydrogens (tertiary/aromatic N) is 3. The minimum atomic E-state index is 0.166. The Morgan fingerprint density at radius 2 is 2.05 bits per heavy atom. The molecule has 0 amide bonds. The zero-order valence-electron chi connectivity index (χ0n) is 10.4. The molecule has 0 saturated carbocycles. The van der Waals surface area contributed by atoms with Gasteiger partial charge in [-0.15, -0.1) is 5.10 Å². The van der Waals surface area contributed by atoms with Crippen molar-refractivity contribution in [1.82, 2.24) is 10.2 Å². The Labute approximate surface area is 119 Å². The van der Waals surface area contributed by atoms with Gasteiger partial charge in [-0.3, -0.25) is 0 Å². The summed E-state index contributed by atoms with van der Waals surface area (Å²) in [4.78, 5) is 0. The van der Waals surface area contributed by atoms with Gasteiger partial charge in [-0.1, -0.05) is 15.9 Å². The molecule has 1 heterocycles. The van der Waals surface area contributed by atoms with E-state index in [2.05, 4.69) is 32.2 Å². The zero-order chi connectivity index (χ0) is 14.0. The largest absolute Gasteiger partial charge is 0.434 e. The topological polar surface area (TPSA) is 84.8 Å². The molecule has 6 heteroatoms. The smallest absolute Gasteiger partial charge is 0.257 e. The van der Waals surface area contributed by atoms with Gasteiger partial charge in [-0.25, -0.2) is 0 Å². The van der Waals surface area contributed by atoms with Crippen molar-refractivity contribution in [3.63, 3.8) is 0 Å². The highest BCUT2D eigenvalue weighted by atomic mass is 79.9. The van der Waals surface area contributed by atoms with Crippen LogP contribution in [0.15, 0.2) is 22.7 Å². The summed E-state index contributed by atoms with van der Waals surface area (Å²) in [7, 11) is 0. The van der Waals surface area contributed by atoms with Crippen LogP contribution in [0.4, 0.5) is 5.69 Å². The summed E-state index contributed by atoms with van der Waals surface area (Å²) < 4.78 is 6.43. The molecule has 1 aromatic carbocycles. The van der Waals surface area contributed by atoms with Crippen LogP contribution >= 0.6 is 15.9 Å². The van der Waals surface area contributed by atoms with Crippen LogP contribution in [-0.2, 0) is 0 Å². The number of nitrogen functional groups attached to an aromatic ring is 1. The average molecular weight is 319 g/mol. The Morgan fingerprint density at radius 1 is 1.32 bits per heavy atom. The lowest BCUT2D eigenvalue weighted by molar-refractivity contribution is 0.454. The Balaban J connectivity index is 2.44. The summed E-state index contributed by atoms with van der Waals surface area (Å²) in [6, 6.07) is 7.30. The van der Waals surface area contributed by atoms with Gasteiger partial charge in [0.25, 0.3) is 5.88 Å². The van der Waals surface area contributed by atoms with Crippen LogP contribution in [0.3, 0.4) is 0 Å². The van der Waals surface area contributed by atoms with Crippen molar-refractivity contribution in [1.29, 1.82) is 5.26 Å². The molecule has 2 aromatic rings. The zero-order valence-corrected chi connectivity index (χ0v) is 12.0. The minimum absolute atomic E-state index is 0.166. The van der Waals surface area contributed by atoms with E-state index >= 15 is 0 Å². The van der Waals surface area contributed by atoms with Gasteiger partial charge >= 0.3 is 0 Å². The SMILES string of the molecule is Cc1nnc(Oc2ccc(Br)cc2N)c(C#N)c1C. The number of hydrogen-bond donors (Lipinski definition) is 1. The molecule has 0 bridgehead atoms. The van der Waals surface area contributed by atoms with Gasteiger partial charge in [0.2, 0.25) is 0 Å². The number of anilines is 1. The molecule has 0 spiro atoms. The van der Waals surface area contributed by atoms with Crippen molar-refractivity contribution in [3.8, 4) is 17.7 Å². The Bertz CT molecular complexity index is 679. The molecule has 5 nitrogen and oxygen atoms in total. The number of nitrogens with two attached hydrogens (primary N) is 1. The highest BCUT2D eigenvalue weighted by Gasteiger charge is 2.14. The number of hydrogen-bond acceptors (Lipinski definition) is 5. The van der Waals surface area contributed by atoms with Crippen LogP contribution < -0.4 is 10.5 Å². The van der Waals surface area contributed by atoms with Crippen molar-refractivity contribution in [2.75, 3.05) is 5.73 Å². The highest BCUT2D eigenvalue weighted by molar-refractivity contribution is 9.10. The first-order valence-electron chi connectivity index (χ1n) is 5.49. The number of nitriles is 1. The minimum Gasteiger partial charge on any atom is -0.434 e. The Morgan fingerprint density at radius 3 is 2.68 bits per heavy atom. The molecule has 1 aromatic heterocycles. The van der Waals surface area contributed by atoms with Crippen molar-refractivity contribution in [2.45, 2.75) is 13.8 Å². The summed E-state index contributed by atoms with van der Waals surface area (Å²) in [5.74, 6) is 0.608. The van der Waals surface area contributed by atoms with Gasteiger partial charge in [0.1, 0.15) is 11.6 Å². The maximum Gasteiger partial charge on any atom is 0.257 e. The van der Waals surface area contributed by atoms with Crippen LogP contribution in [0.25, 0.3) is 0 Å². The van der Waals surface area contributed by atoms with Gasteiger partial charge in [0.05, 0.1) is 11.4 Å². The van der Waals surface area contributed by atoms with Gasteiger partial charge in [-0.05, 0) is 37.6 Å². The predicted octanol–water partition coefficient (Wildman–Crippen LogP) is 3.10. The predicted molar refractivity (Wildman–Crippen MR) is 74.8 cm³/mol. The molecule has 0 fully saturated rings. The standard InChI is InChI=1S/C13H11BrN4O/c1-7-8(2)17-18-13(10(7)6-15)19-12-4-3-9(14)5-11(12)16/h3-5H,16H2,1-2H3. The lowest BCUT2D eigenvalue weighted by atomic mass is 10.1. The van der Waals surface area contributed by atoms with E-state index in [-0.39, 0.29) is 5.88 Å². The molecule has 0 aliphatic carbocycles. The molecule has 0 saturated heterocycles. The Kier molecular flexibility index (Phi) is 3.67. The lowest BCUT2D eigenvalue weighted by Crippen LogP contribution is -2.01. The summed E-state index contributed by atoms with van der Waals surface area (Å²) in [5, 5.41) is 17.0. The highest BCUT2D eigenvalue weighted by Crippen LogP contribution is 2.31. The number of rotatable bonds is 2. The first-order chi connectivity index (χ1) is 9.02. The van der Waals surface area contributed by atoms with E-state index < -0.39 is 0 Å². The monoisotopic (exact) mass is 318 g/mol. The fraction of sp³-hybridized carbons (Fsp3) is 0.154. The molecule has 0 aliphatic heterocycles. The lowest BCUT2D eigenvalue weighted by Gasteiger charge is -2.10. The van der Waals surface area contributed by atoms with Crippen LogP contribution in [0.1, 0.15) is 16.8 Å². The van der Waals surface area contributed by atoms with Crippen LogP contribution in [0.2, 0.25) is 0 Å². The van der Waals surface area contributed by atoms with Crippen LogP contribution in [0, 0.1) is 25.2 Å². The van der Waals surface area contributed by atoms with Crippen molar-refractivity contribution >= 4 is 21.6 Å². The van der Waals surface area contributed by atoms with E-state index in [1.165, 1.54) is 0 Å². The van der Waals surface area contributed by atoms with E-state index in [1.54, 1.807) is 32.0 Å². The summed E-state index contributed by atoms with van der Waals surface area (Å²) >= 11 is 3.32. The molecule has 2 N–H and O–H groups in total. The third-order valence-corrected chi connectivity index (χ3v) is 3.21. The van der Waals surface area contributed by atoms with Crippen LogP contribution in [-0.4, -0.2) is 10.2 Å². The van der Waals surface area contributed by atoms with Crippen molar-refractivity contribution < 1.29 is 4.74 Å². The number of ether oxygens (including phenoxy) is 1. The first kappa shape index (κ1) is 13.3. The number of aryl methyl sites for hydroxylation is 1. The third kappa shape index (κ3) is 2.66. The van der Waals surface area contributed by atoms with E-state index in [9.17, 15) is 5.26 Å². The molecule has 0 unspecified atom stereocenters. The quantitative estimate of drug-likeness (QED) is 0.860. The van der Waals surface area contributed by atoms with Gasteiger partial charge < -0.3 is 10.5 Å². The number of aromatic nitrogens is 2. The van der Waals surface area contributed by atoms with E-state index in [0.717, 1.165) is 10.0 Å². The van der Waals surface area contributed by atoms with E-state index in [4.69, 9.17) is 10.5 Å².